The summed E-state index contributed by atoms with van der Waals surface area (Å²) < 4.78 is 46.0. The average molecular weight is 159 g/mol. The molecule has 1 N–H and O–H groups in total. The highest BCUT2D eigenvalue weighted by Crippen LogP contribution is 2.22. The van der Waals surface area contributed by atoms with Crippen LogP contribution in [-0.2, 0) is 4.79 Å². The molecule has 0 atom stereocenters. The number of nitrogens with one attached hydrogen (secondary N) is 1. The Hall–Kier alpha value is -0.810. The van der Waals surface area contributed by atoms with Gasteiger partial charge in [-0.05, 0) is 0 Å². The van der Waals surface area contributed by atoms with E-state index in [2.05, 4.69) is 0 Å². The zero-order chi connectivity index (χ0) is 8.36. The van der Waals surface area contributed by atoms with E-state index in [0.717, 1.165) is 7.05 Å². The maximum absolute atomic E-state index is 11.8. The molecule has 0 rings (SSSR count). The summed E-state index contributed by atoms with van der Waals surface area (Å²) in [6, 6.07) is 0. The van der Waals surface area contributed by atoms with Crippen LogP contribution in [0.3, 0.4) is 0 Å². The lowest BCUT2D eigenvalue weighted by atomic mass is 10.3. The van der Waals surface area contributed by atoms with E-state index in [1.165, 1.54) is 5.32 Å². The molecule has 0 aromatic heterocycles. The summed E-state index contributed by atoms with van der Waals surface area (Å²) in [5.41, 5.74) is 0. The maximum Gasteiger partial charge on any atom is 0.383 e. The molecule has 0 fully saturated rings. The molecule has 60 valence electrons. The van der Waals surface area contributed by atoms with Crippen LogP contribution in [0.5, 0.6) is 0 Å². The molecule has 0 bridgehead atoms. The minimum atomic E-state index is -4.57. The summed E-state index contributed by atoms with van der Waals surface area (Å²) >= 11 is 0. The van der Waals surface area contributed by atoms with E-state index >= 15 is 0 Å². The van der Waals surface area contributed by atoms with Gasteiger partial charge in [0.15, 0.2) is 0 Å². The van der Waals surface area contributed by atoms with Crippen molar-refractivity contribution in [1.82, 2.24) is 5.32 Å². The Morgan fingerprint density at radius 1 is 1.50 bits per heavy atom. The summed E-state index contributed by atoms with van der Waals surface area (Å²) in [6.45, 7) is 0. The molecule has 1 amide bonds. The number of hydrogen-bond donors (Lipinski definition) is 1. The molecule has 0 aliphatic carbocycles. The van der Waals surface area contributed by atoms with Crippen LogP contribution in [0.15, 0.2) is 0 Å². The third-order valence-electron chi connectivity index (χ3n) is 0.804. The van der Waals surface area contributed by atoms with Gasteiger partial charge in [-0.3, -0.25) is 4.79 Å². The second-order valence-corrected chi connectivity index (χ2v) is 1.50. The van der Waals surface area contributed by atoms with Gasteiger partial charge in [0.1, 0.15) is 0 Å². The number of amides is 1. The molecule has 0 aliphatic rings. The Kier molecular flexibility index (Phi) is 2.62. The van der Waals surface area contributed by atoms with Crippen molar-refractivity contribution in [2.24, 2.45) is 0 Å². The van der Waals surface area contributed by atoms with Crippen LogP contribution < -0.4 is 5.32 Å². The quantitative estimate of drug-likeness (QED) is 0.588. The number of carbonyl (C=O) groups excluding carboxylic acids is 1. The fourth-order valence-corrected chi connectivity index (χ4v) is 0.266. The third kappa shape index (κ3) is 1.58. The van der Waals surface area contributed by atoms with Crippen molar-refractivity contribution >= 4 is 5.91 Å². The first-order chi connectivity index (χ1) is 4.42. The normalized spacial score (nSPS) is 11.8. The van der Waals surface area contributed by atoms with Crippen LogP contribution in [0.4, 0.5) is 17.6 Å². The van der Waals surface area contributed by atoms with E-state index in [9.17, 15) is 22.4 Å². The van der Waals surface area contributed by atoms with Crippen LogP contribution in [0.2, 0.25) is 0 Å². The van der Waals surface area contributed by atoms with E-state index in [0.29, 0.717) is 0 Å². The topological polar surface area (TPSA) is 29.1 Å². The molecule has 0 saturated heterocycles. The maximum atomic E-state index is 11.8. The lowest BCUT2D eigenvalue weighted by Gasteiger charge is -2.11. The average Bonchev–Trinajstić information content (AvgIpc) is 1.86. The van der Waals surface area contributed by atoms with Crippen molar-refractivity contribution in [2.45, 2.75) is 12.3 Å². The molecule has 0 aromatic carbocycles. The molecule has 0 radical (unpaired) electrons. The van der Waals surface area contributed by atoms with E-state index in [-0.39, 0.29) is 0 Å². The number of halogens is 4. The molecule has 2 nitrogen and oxygen atoms in total. The molecule has 0 aromatic rings. The summed E-state index contributed by atoms with van der Waals surface area (Å²) in [6.07, 6.45) is -3.95. The fourth-order valence-electron chi connectivity index (χ4n) is 0.266. The Morgan fingerprint density at radius 3 is 2.00 bits per heavy atom. The summed E-state index contributed by atoms with van der Waals surface area (Å²) in [5, 5.41) is 1.42. The minimum Gasteiger partial charge on any atom is -0.354 e. The molecular weight excluding hydrogens is 154 g/mol. The number of alkyl halides is 4. The zero-order valence-corrected chi connectivity index (χ0v) is 5.00. The lowest BCUT2D eigenvalue weighted by molar-refractivity contribution is -0.168. The highest BCUT2D eigenvalue weighted by Gasteiger charge is 2.48. The smallest absolute Gasteiger partial charge is 0.354 e. The summed E-state index contributed by atoms with van der Waals surface area (Å²) in [5.74, 6) is -6.54. The summed E-state index contributed by atoms with van der Waals surface area (Å²) in [7, 11) is 0.860. The molecule has 0 aliphatic heterocycles. The van der Waals surface area contributed by atoms with Crippen LogP contribution >= 0.6 is 0 Å². The van der Waals surface area contributed by atoms with Crippen molar-refractivity contribution in [2.75, 3.05) is 7.05 Å². The molecule has 0 heterocycles. The van der Waals surface area contributed by atoms with E-state index in [1.807, 2.05) is 0 Å². The fraction of sp³-hybridized carbons (Fsp3) is 0.750. The molecule has 0 unspecified atom stereocenters. The van der Waals surface area contributed by atoms with Gasteiger partial charge >= 0.3 is 12.3 Å². The predicted molar refractivity (Wildman–Crippen MR) is 25.0 cm³/mol. The number of carbonyl (C=O) groups is 1. The third-order valence-corrected chi connectivity index (χ3v) is 0.804. The Labute approximate surface area is 54.2 Å². The van der Waals surface area contributed by atoms with E-state index < -0.39 is 18.3 Å². The van der Waals surface area contributed by atoms with Crippen molar-refractivity contribution < 1.29 is 22.4 Å². The van der Waals surface area contributed by atoms with Gasteiger partial charge in [-0.2, -0.15) is 8.78 Å². The van der Waals surface area contributed by atoms with Gasteiger partial charge in [0.2, 0.25) is 0 Å². The van der Waals surface area contributed by atoms with Gasteiger partial charge in [-0.25, -0.2) is 8.78 Å². The van der Waals surface area contributed by atoms with Crippen LogP contribution in [0.1, 0.15) is 0 Å². The molecule has 0 spiro atoms. The van der Waals surface area contributed by atoms with Gasteiger partial charge in [-0.1, -0.05) is 0 Å². The van der Waals surface area contributed by atoms with Gasteiger partial charge < -0.3 is 5.32 Å². The highest BCUT2D eigenvalue weighted by atomic mass is 19.3. The Morgan fingerprint density at radius 2 is 1.90 bits per heavy atom. The second-order valence-electron chi connectivity index (χ2n) is 1.50. The van der Waals surface area contributed by atoms with E-state index in [4.69, 9.17) is 0 Å². The standard InChI is InChI=1S/C4H5F4NO/c1-9-3(10)4(7,8)2(5)6/h2H,1H3,(H,9,10). The molecular formula is C4H5F4NO. The first-order valence-corrected chi connectivity index (χ1v) is 2.31. The first kappa shape index (κ1) is 9.19. The highest BCUT2D eigenvalue weighted by molar-refractivity contribution is 5.83. The molecule has 0 saturated carbocycles. The number of hydrogen-bond acceptors (Lipinski definition) is 1. The molecule has 10 heavy (non-hydrogen) atoms. The van der Waals surface area contributed by atoms with Gasteiger partial charge in [0.25, 0.3) is 5.91 Å². The largest absolute Gasteiger partial charge is 0.383 e. The Balaban J connectivity index is 4.24. The van der Waals surface area contributed by atoms with Gasteiger partial charge in [0, 0.05) is 7.05 Å². The van der Waals surface area contributed by atoms with Crippen molar-refractivity contribution in [3.63, 3.8) is 0 Å². The predicted octanol–water partition coefficient (Wildman–Crippen LogP) is 0.633. The minimum absolute atomic E-state index is 0.860. The van der Waals surface area contributed by atoms with Gasteiger partial charge in [0.05, 0.1) is 0 Å². The second kappa shape index (κ2) is 2.85. The van der Waals surface area contributed by atoms with Crippen LogP contribution in [0.25, 0.3) is 0 Å². The first-order valence-electron chi connectivity index (χ1n) is 2.31. The van der Waals surface area contributed by atoms with Gasteiger partial charge in [-0.15, -0.1) is 0 Å². The summed E-state index contributed by atoms with van der Waals surface area (Å²) in [4.78, 5) is 9.93. The number of rotatable bonds is 2. The SMILES string of the molecule is CNC(=O)C(F)(F)C(F)F. The van der Waals surface area contributed by atoms with Crippen molar-refractivity contribution in [3.05, 3.63) is 0 Å². The van der Waals surface area contributed by atoms with E-state index in [1.54, 1.807) is 0 Å². The van der Waals surface area contributed by atoms with Crippen molar-refractivity contribution in [3.8, 4) is 0 Å². The van der Waals surface area contributed by atoms with Crippen molar-refractivity contribution in [1.29, 1.82) is 0 Å². The van der Waals surface area contributed by atoms with Crippen LogP contribution in [0, 0.1) is 0 Å². The Bertz CT molecular complexity index is 135. The monoisotopic (exact) mass is 159 g/mol. The lowest BCUT2D eigenvalue weighted by Crippen LogP contribution is -2.43. The molecule has 6 heteroatoms. The zero-order valence-electron chi connectivity index (χ0n) is 5.00. The van der Waals surface area contributed by atoms with Crippen LogP contribution in [-0.4, -0.2) is 25.3 Å².